The van der Waals surface area contributed by atoms with Crippen LogP contribution in [0.15, 0.2) is 0 Å². The highest BCUT2D eigenvalue weighted by Crippen LogP contribution is 2.11. The summed E-state index contributed by atoms with van der Waals surface area (Å²) in [5.74, 6) is -3.06. The third kappa shape index (κ3) is 10.4. The zero-order valence-corrected chi connectivity index (χ0v) is 20.3. The van der Waals surface area contributed by atoms with E-state index in [1.807, 2.05) is 41.5 Å². The molecule has 0 aliphatic heterocycles. The Bertz CT molecular complexity index is 638. The lowest BCUT2D eigenvalue weighted by Gasteiger charge is -2.27. The zero-order chi connectivity index (χ0) is 25.2. The average Bonchev–Trinajstić information content (AvgIpc) is 2.68. The molecule has 0 saturated carbocycles. The van der Waals surface area contributed by atoms with Gasteiger partial charge in [0.1, 0.15) is 12.1 Å². The van der Waals surface area contributed by atoms with E-state index in [0.717, 1.165) is 0 Å². The minimum absolute atomic E-state index is 0.0119. The van der Waals surface area contributed by atoms with Crippen LogP contribution in [0, 0.1) is 17.8 Å². The van der Waals surface area contributed by atoms with E-state index in [-0.39, 0.29) is 24.2 Å². The molecule has 0 spiro atoms. The summed E-state index contributed by atoms with van der Waals surface area (Å²) >= 11 is 0. The van der Waals surface area contributed by atoms with Gasteiger partial charge in [-0.05, 0) is 37.5 Å². The predicted molar refractivity (Wildman–Crippen MR) is 121 cm³/mol. The van der Waals surface area contributed by atoms with Gasteiger partial charge in [0.15, 0.2) is 6.04 Å². The van der Waals surface area contributed by atoms with E-state index in [0.29, 0.717) is 12.8 Å². The average molecular weight is 459 g/mol. The summed E-state index contributed by atoms with van der Waals surface area (Å²) in [5, 5.41) is 26.5. The minimum atomic E-state index is -1.51. The van der Waals surface area contributed by atoms with Crippen LogP contribution in [0.4, 0.5) is 0 Å². The first-order chi connectivity index (χ1) is 14.7. The second-order valence-electron chi connectivity index (χ2n) is 9.36. The van der Waals surface area contributed by atoms with Crippen LogP contribution < -0.4 is 21.7 Å². The Morgan fingerprint density at radius 1 is 0.781 bits per heavy atom. The number of aliphatic carboxylic acids is 1. The SMILES string of the molecule is CCC(C)C(N)C(=O)NC(CC(C)C)C(=O)NC(CC(C)C)C(=O)NC(C(=O)O)C(C)O. The van der Waals surface area contributed by atoms with Crippen LogP contribution in [0.3, 0.4) is 0 Å². The van der Waals surface area contributed by atoms with Gasteiger partial charge < -0.3 is 31.9 Å². The maximum Gasteiger partial charge on any atom is 0.328 e. The number of nitrogens with one attached hydrogen (secondary N) is 3. The van der Waals surface area contributed by atoms with Crippen molar-refractivity contribution in [3.63, 3.8) is 0 Å². The van der Waals surface area contributed by atoms with Crippen LogP contribution in [-0.4, -0.2) is 64.2 Å². The first kappa shape index (κ1) is 29.8. The molecule has 0 bridgehead atoms. The first-order valence-electron chi connectivity index (χ1n) is 11.3. The maximum atomic E-state index is 13.0. The number of carboxylic acid groups (broad SMARTS) is 1. The standard InChI is InChI=1S/C22H42N4O6/c1-8-13(6)17(23)21(30)25-15(9-11(2)3)19(28)24-16(10-12(4)5)20(29)26-18(14(7)27)22(31)32/h11-18,27H,8-10,23H2,1-7H3,(H,24,28)(H,25,30)(H,26,29)(H,31,32). The summed E-state index contributed by atoms with van der Waals surface area (Å²) in [6.07, 6.45) is -0.0211. The van der Waals surface area contributed by atoms with Gasteiger partial charge >= 0.3 is 5.97 Å². The number of amides is 3. The van der Waals surface area contributed by atoms with Gasteiger partial charge in [0.2, 0.25) is 17.7 Å². The lowest BCUT2D eigenvalue weighted by atomic mass is 9.97. The van der Waals surface area contributed by atoms with Gasteiger partial charge in [-0.15, -0.1) is 0 Å². The van der Waals surface area contributed by atoms with Gasteiger partial charge in [-0.1, -0.05) is 48.0 Å². The molecule has 6 atom stereocenters. The molecular weight excluding hydrogens is 416 g/mol. The van der Waals surface area contributed by atoms with Crippen molar-refractivity contribution >= 4 is 23.7 Å². The molecule has 0 aliphatic carbocycles. The summed E-state index contributed by atoms with van der Waals surface area (Å²) in [6.45, 7) is 12.5. The molecule has 0 aromatic carbocycles. The maximum absolute atomic E-state index is 13.0. The Labute approximate surface area is 191 Å². The third-order valence-corrected chi connectivity index (χ3v) is 5.29. The van der Waals surface area contributed by atoms with Crippen LogP contribution in [0.5, 0.6) is 0 Å². The Balaban J connectivity index is 5.54. The van der Waals surface area contributed by atoms with Crippen molar-refractivity contribution in [2.45, 2.75) is 98.0 Å². The van der Waals surface area contributed by atoms with Crippen molar-refractivity contribution in [1.29, 1.82) is 0 Å². The molecule has 0 saturated heterocycles. The highest BCUT2D eigenvalue weighted by atomic mass is 16.4. The zero-order valence-electron chi connectivity index (χ0n) is 20.3. The number of aliphatic hydroxyl groups excluding tert-OH is 1. The number of aliphatic hydroxyl groups is 1. The molecule has 7 N–H and O–H groups in total. The summed E-state index contributed by atoms with van der Waals surface area (Å²) in [7, 11) is 0. The van der Waals surface area contributed by atoms with Gasteiger partial charge in [-0.2, -0.15) is 0 Å². The van der Waals surface area contributed by atoms with Crippen LogP contribution in [0.25, 0.3) is 0 Å². The number of rotatable bonds is 14. The van der Waals surface area contributed by atoms with Crippen molar-refractivity contribution in [2.75, 3.05) is 0 Å². The summed E-state index contributed by atoms with van der Waals surface area (Å²) < 4.78 is 0. The third-order valence-electron chi connectivity index (χ3n) is 5.29. The van der Waals surface area contributed by atoms with Crippen LogP contribution in [0.2, 0.25) is 0 Å². The fourth-order valence-electron chi connectivity index (χ4n) is 3.10. The Kier molecular flexibility index (Phi) is 13.1. The predicted octanol–water partition coefficient (Wildman–Crippen LogP) is 0.372. The number of carbonyl (C=O) groups is 4. The molecule has 3 amide bonds. The topological polar surface area (TPSA) is 171 Å². The molecule has 32 heavy (non-hydrogen) atoms. The van der Waals surface area contributed by atoms with Crippen LogP contribution in [0.1, 0.15) is 67.7 Å². The Morgan fingerprint density at radius 3 is 1.53 bits per heavy atom. The Hall–Kier alpha value is -2.20. The molecule has 0 heterocycles. The van der Waals surface area contributed by atoms with E-state index >= 15 is 0 Å². The van der Waals surface area contributed by atoms with Crippen molar-refractivity contribution in [3.8, 4) is 0 Å². The number of hydrogen-bond acceptors (Lipinski definition) is 6. The lowest BCUT2D eigenvalue weighted by Crippen LogP contribution is -2.59. The van der Waals surface area contributed by atoms with Crippen molar-refractivity contribution in [1.82, 2.24) is 16.0 Å². The molecule has 10 heteroatoms. The normalized spacial score (nSPS) is 17.1. The largest absolute Gasteiger partial charge is 0.480 e. The van der Waals surface area contributed by atoms with Gasteiger partial charge in [0.25, 0.3) is 0 Å². The molecular formula is C22H42N4O6. The highest BCUT2D eigenvalue weighted by Gasteiger charge is 2.32. The molecule has 0 radical (unpaired) electrons. The fraction of sp³-hybridized carbons (Fsp3) is 0.818. The molecule has 0 fully saturated rings. The summed E-state index contributed by atoms with van der Waals surface area (Å²) in [6, 6.07) is -4.20. The number of hydrogen-bond donors (Lipinski definition) is 6. The van der Waals surface area contributed by atoms with Crippen molar-refractivity contribution in [3.05, 3.63) is 0 Å². The van der Waals surface area contributed by atoms with E-state index in [4.69, 9.17) is 5.73 Å². The molecule has 0 aliphatic rings. The lowest BCUT2D eigenvalue weighted by molar-refractivity contribution is -0.145. The number of nitrogens with two attached hydrogens (primary N) is 1. The summed E-state index contributed by atoms with van der Waals surface area (Å²) in [4.78, 5) is 49.6. The van der Waals surface area contributed by atoms with Crippen molar-refractivity contribution in [2.24, 2.45) is 23.5 Å². The number of carbonyl (C=O) groups excluding carboxylic acids is 3. The van der Waals surface area contributed by atoms with Gasteiger partial charge in [0.05, 0.1) is 12.1 Å². The second kappa shape index (κ2) is 14.1. The first-order valence-corrected chi connectivity index (χ1v) is 11.3. The van der Waals surface area contributed by atoms with Gasteiger partial charge in [-0.3, -0.25) is 14.4 Å². The van der Waals surface area contributed by atoms with E-state index in [2.05, 4.69) is 16.0 Å². The van der Waals surface area contributed by atoms with Crippen LogP contribution in [-0.2, 0) is 19.2 Å². The highest BCUT2D eigenvalue weighted by molar-refractivity contribution is 5.94. The second-order valence-corrected chi connectivity index (χ2v) is 9.36. The Morgan fingerprint density at radius 2 is 1.19 bits per heavy atom. The molecule has 0 rings (SSSR count). The molecule has 0 aromatic heterocycles. The van der Waals surface area contributed by atoms with Gasteiger partial charge in [-0.25, -0.2) is 4.79 Å². The molecule has 6 unspecified atom stereocenters. The molecule has 0 aromatic rings. The fourth-order valence-corrected chi connectivity index (χ4v) is 3.10. The van der Waals surface area contributed by atoms with E-state index in [9.17, 15) is 29.4 Å². The monoisotopic (exact) mass is 458 g/mol. The number of carboxylic acids is 1. The quantitative estimate of drug-likeness (QED) is 0.218. The van der Waals surface area contributed by atoms with Gasteiger partial charge in [0, 0.05) is 0 Å². The van der Waals surface area contributed by atoms with Crippen molar-refractivity contribution < 1.29 is 29.4 Å². The molecule has 10 nitrogen and oxygen atoms in total. The molecule has 186 valence electrons. The van der Waals surface area contributed by atoms with E-state index < -0.39 is 54.0 Å². The van der Waals surface area contributed by atoms with E-state index in [1.54, 1.807) is 0 Å². The van der Waals surface area contributed by atoms with Crippen LogP contribution >= 0.6 is 0 Å². The minimum Gasteiger partial charge on any atom is -0.480 e. The summed E-state index contributed by atoms with van der Waals surface area (Å²) in [5.41, 5.74) is 5.99. The smallest absolute Gasteiger partial charge is 0.328 e. The van der Waals surface area contributed by atoms with E-state index in [1.165, 1.54) is 6.92 Å².